The molecule has 0 spiro atoms. The zero-order valence-corrected chi connectivity index (χ0v) is 9.26. The molecule has 0 saturated heterocycles. The molecule has 0 fully saturated rings. The summed E-state index contributed by atoms with van der Waals surface area (Å²) in [6, 6.07) is 4.12. The van der Waals surface area contributed by atoms with E-state index in [1.54, 1.807) is 0 Å². The lowest BCUT2D eigenvalue weighted by Crippen LogP contribution is -2.68. The SMILES string of the molecule is O=C([O-])C(F)(F)C(F)(F)C(O)(O)C[n+]1ccccc1. The molecule has 0 atom stereocenters. The van der Waals surface area contributed by atoms with Crippen LogP contribution in [0.1, 0.15) is 0 Å². The first-order chi connectivity index (χ1) is 8.52. The monoisotopic (exact) mass is 283 g/mol. The molecule has 0 aromatic carbocycles. The maximum Gasteiger partial charge on any atom is 0.374 e. The fourth-order valence-corrected chi connectivity index (χ4v) is 1.27. The number of aromatic nitrogens is 1. The Bertz CT molecular complexity index is 464. The number of carbonyl (C=O) groups excluding carboxylic acids is 1. The molecule has 19 heavy (non-hydrogen) atoms. The van der Waals surface area contributed by atoms with E-state index in [0.717, 1.165) is 17.0 Å². The summed E-state index contributed by atoms with van der Waals surface area (Å²) in [5, 5.41) is 28.2. The molecule has 106 valence electrons. The number of aliphatic hydroxyl groups is 2. The van der Waals surface area contributed by atoms with E-state index < -0.39 is 30.1 Å². The number of hydrogen-bond acceptors (Lipinski definition) is 4. The van der Waals surface area contributed by atoms with Crippen LogP contribution in [0, 0.1) is 0 Å². The minimum absolute atomic E-state index is 0.777. The number of carbonyl (C=O) groups is 1. The van der Waals surface area contributed by atoms with Gasteiger partial charge in [-0.2, -0.15) is 22.1 Å². The molecule has 0 radical (unpaired) electrons. The lowest BCUT2D eigenvalue weighted by Gasteiger charge is -2.34. The Morgan fingerprint density at radius 1 is 1.11 bits per heavy atom. The summed E-state index contributed by atoms with van der Waals surface area (Å²) in [4.78, 5) is 10.00. The van der Waals surface area contributed by atoms with Crippen LogP contribution in [0.4, 0.5) is 17.6 Å². The molecule has 0 bridgehead atoms. The number of alkyl halides is 4. The summed E-state index contributed by atoms with van der Waals surface area (Å²) in [5.74, 6) is -19.0. The van der Waals surface area contributed by atoms with Gasteiger partial charge in [0, 0.05) is 12.1 Å². The van der Waals surface area contributed by atoms with Crippen molar-refractivity contribution >= 4 is 5.97 Å². The van der Waals surface area contributed by atoms with Gasteiger partial charge in [-0.05, 0) is 0 Å². The third kappa shape index (κ3) is 2.66. The molecule has 0 aliphatic carbocycles. The van der Waals surface area contributed by atoms with Gasteiger partial charge in [0.15, 0.2) is 12.4 Å². The van der Waals surface area contributed by atoms with E-state index in [0.29, 0.717) is 0 Å². The Hall–Kier alpha value is -1.74. The van der Waals surface area contributed by atoms with E-state index in [1.165, 1.54) is 18.2 Å². The predicted molar refractivity (Wildman–Crippen MR) is 48.7 cm³/mol. The smallest absolute Gasteiger partial charge is 0.374 e. The third-order valence-corrected chi connectivity index (χ3v) is 2.33. The van der Waals surface area contributed by atoms with Crippen LogP contribution in [0.3, 0.4) is 0 Å². The molecule has 2 N–H and O–H groups in total. The van der Waals surface area contributed by atoms with Crippen molar-refractivity contribution in [2.24, 2.45) is 0 Å². The molecule has 0 saturated carbocycles. The Morgan fingerprint density at radius 3 is 2.00 bits per heavy atom. The molecule has 1 heterocycles. The molecular weight excluding hydrogens is 274 g/mol. The van der Waals surface area contributed by atoms with E-state index in [1.807, 2.05) is 0 Å². The molecule has 0 aliphatic rings. The molecule has 0 aliphatic heterocycles. The summed E-state index contributed by atoms with van der Waals surface area (Å²) in [6.07, 6.45) is 2.21. The maximum atomic E-state index is 13.2. The molecule has 1 rings (SSSR count). The van der Waals surface area contributed by atoms with Gasteiger partial charge >= 0.3 is 11.8 Å². The van der Waals surface area contributed by atoms with Crippen LogP contribution in [0.2, 0.25) is 0 Å². The van der Waals surface area contributed by atoms with Gasteiger partial charge in [-0.1, -0.05) is 6.07 Å². The van der Waals surface area contributed by atoms with Crippen molar-refractivity contribution in [2.45, 2.75) is 24.2 Å². The quantitative estimate of drug-likeness (QED) is 0.398. The summed E-state index contributed by atoms with van der Waals surface area (Å²) < 4.78 is 52.8. The van der Waals surface area contributed by atoms with Gasteiger partial charge in [-0.25, -0.2) is 0 Å². The van der Waals surface area contributed by atoms with E-state index in [4.69, 9.17) is 10.2 Å². The summed E-state index contributed by atoms with van der Waals surface area (Å²) in [6.45, 7) is -1.36. The van der Waals surface area contributed by atoms with Crippen molar-refractivity contribution in [1.29, 1.82) is 0 Å². The van der Waals surface area contributed by atoms with Crippen LogP contribution in [0.15, 0.2) is 30.6 Å². The summed E-state index contributed by atoms with van der Waals surface area (Å²) in [7, 11) is 0. The highest BCUT2D eigenvalue weighted by atomic mass is 19.3. The molecular formula is C10H9F4NO4. The first-order valence-electron chi connectivity index (χ1n) is 4.88. The van der Waals surface area contributed by atoms with Crippen LogP contribution in [-0.4, -0.2) is 33.8 Å². The predicted octanol–water partition coefficient (Wildman–Crippen LogP) is -1.32. The lowest BCUT2D eigenvalue weighted by molar-refractivity contribution is -0.726. The zero-order valence-electron chi connectivity index (χ0n) is 9.26. The van der Waals surface area contributed by atoms with E-state index in [9.17, 15) is 27.5 Å². The molecule has 1 aromatic rings. The molecule has 1 aromatic heterocycles. The van der Waals surface area contributed by atoms with Crippen LogP contribution in [-0.2, 0) is 11.3 Å². The number of nitrogens with zero attached hydrogens (tertiary/aromatic N) is 1. The van der Waals surface area contributed by atoms with Gasteiger partial charge < -0.3 is 20.1 Å². The number of hydrogen-bond donors (Lipinski definition) is 2. The second-order valence-corrected chi connectivity index (χ2v) is 3.80. The van der Waals surface area contributed by atoms with Crippen molar-refractivity contribution in [3.63, 3.8) is 0 Å². The highest BCUT2D eigenvalue weighted by Crippen LogP contribution is 2.41. The van der Waals surface area contributed by atoms with Crippen LogP contribution >= 0.6 is 0 Å². The fourth-order valence-electron chi connectivity index (χ4n) is 1.27. The maximum absolute atomic E-state index is 13.2. The number of halogens is 4. The number of rotatable bonds is 5. The van der Waals surface area contributed by atoms with E-state index in [-0.39, 0.29) is 0 Å². The Labute approximate surface area is 104 Å². The highest BCUT2D eigenvalue weighted by molar-refractivity contribution is 5.74. The molecule has 0 amide bonds. The minimum atomic E-state index is -5.73. The Morgan fingerprint density at radius 2 is 1.58 bits per heavy atom. The first kappa shape index (κ1) is 15.3. The number of aliphatic carboxylic acids is 1. The average Bonchev–Trinajstić information content (AvgIpc) is 2.28. The summed E-state index contributed by atoms with van der Waals surface area (Å²) >= 11 is 0. The minimum Gasteiger partial charge on any atom is -0.544 e. The standard InChI is InChI=1S/C10H9F4NO4/c11-9(12,7(16)17)10(13,14)8(18,19)6-15-4-2-1-3-5-15/h1-5,18-19H,6H2. The normalized spacial score (nSPS) is 13.4. The molecule has 5 nitrogen and oxygen atoms in total. The lowest BCUT2D eigenvalue weighted by atomic mass is 10.0. The number of pyridine rings is 1. The van der Waals surface area contributed by atoms with Gasteiger partial charge in [-0.15, -0.1) is 0 Å². The van der Waals surface area contributed by atoms with E-state index in [2.05, 4.69) is 0 Å². The third-order valence-electron chi connectivity index (χ3n) is 2.33. The van der Waals surface area contributed by atoms with Gasteiger partial charge in [0.25, 0.3) is 5.79 Å². The highest BCUT2D eigenvalue weighted by Gasteiger charge is 2.71. The van der Waals surface area contributed by atoms with Crippen molar-refractivity contribution < 1.29 is 42.2 Å². The van der Waals surface area contributed by atoms with Crippen LogP contribution in [0.25, 0.3) is 0 Å². The van der Waals surface area contributed by atoms with Crippen molar-refractivity contribution in [1.82, 2.24) is 0 Å². The van der Waals surface area contributed by atoms with Gasteiger partial charge in [0.1, 0.15) is 5.97 Å². The van der Waals surface area contributed by atoms with Gasteiger partial charge in [0.05, 0.1) is 0 Å². The average molecular weight is 283 g/mol. The number of carboxylic acid groups (broad SMARTS) is 1. The van der Waals surface area contributed by atoms with Crippen molar-refractivity contribution in [3.05, 3.63) is 30.6 Å². The number of carboxylic acids is 1. The van der Waals surface area contributed by atoms with Crippen LogP contribution < -0.4 is 9.67 Å². The van der Waals surface area contributed by atoms with Gasteiger partial charge in [0.2, 0.25) is 6.54 Å². The molecule has 0 unspecified atom stereocenters. The second kappa shape index (κ2) is 4.74. The fraction of sp³-hybridized carbons (Fsp3) is 0.400. The van der Waals surface area contributed by atoms with Crippen molar-refractivity contribution in [2.75, 3.05) is 0 Å². The van der Waals surface area contributed by atoms with Crippen LogP contribution in [0.5, 0.6) is 0 Å². The Kier molecular flexibility index (Phi) is 3.82. The molecule has 9 heteroatoms. The second-order valence-electron chi connectivity index (χ2n) is 3.80. The van der Waals surface area contributed by atoms with Crippen molar-refractivity contribution in [3.8, 4) is 0 Å². The van der Waals surface area contributed by atoms with Gasteiger partial charge in [-0.3, -0.25) is 0 Å². The zero-order chi connectivity index (χ0) is 14.9. The summed E-state index contributed by atoms with van der Waals surface area (Å²) in [5.41, 5.74) is 0. The Balaban J connectivity index is 3.08. The van der Waals surface area contributed by atoms with E-state index >= 15 is 0 Å². The largest absolute Gasteiger partial charge is 0.544 e. The topological polar surface area (TPSA) is 84.5 Å². The first-order valence-corrected chi connectivity index (χ1v) is 4.88.